The molecule has 3 saturated carbocycles. The average molecular weight is 463 g/mol. The van der Waals surface area contributed by atoms with Gasteiger partial charge in [-0.1, -0.05) is 64.7 Å². The van der Waals surface area contributed by atoms with Gasteiger partial charge in [-0.25, -0.2) is 4.79 Å². The summed E-state index contributed by atoms with van der Waals surface area (Å²) in [5.41, 5.74) is 0. The van der Waals surface area contributed by atoms with Gasteiger partial charge in [0.15, 0.2) is 0 Å². The van der Waals surface area contributed by atoms with Gasteiger partial charge in [0, 0.05) is 19.0 Å². The van der Waals surface area contributed by atoms with Gasteiger partial charge in [-0.3, -0.25) is 4.79 Å². The Labute approximate surface area is 202 Å². The minimum Gasteiger partial charge on any atom is -0.466 e. The lowest BCUT2D eigenvalue weighted by molar-refractivity contribution is -0.143. The van der Waals surface area contributed by atoms with Gasteiger partial charge >= 0.3 is 12.0 Å². The van der Waals surface area contributed by atoms with E-state index in [0.29, 0.717) is 19.1 Å². The zero-order chi connectivity index (χ0) is 23.3. The van der Waals surface area contributed by atoms with Gasteiger partial charge in [0.2, 0.25) is 0 Å². The van der Waals surface area contributed by atoms with Crippen molar-refractivity contribution in [2.45, 2.75) is 129 Å². The first-order valence-corrected chi connectivity index (χ1v) is 14.4. The van der Waals surface area contributed by atoms with Crippen molar-refractivity contribution in [3.8, 4) is 0 Å². The third-order valence-corrected chi connectivity index (χ3v) is 8.48. The molecule has 0 aliphatic heterocycles. The first-order valence-electron chi connectivity index (χ1n) is 14.4. The first-order chi connectivity index (χ1) is 16.2. The maximum absolute atomic E-state index is 12.4. The quantitative estimate of drug-likeness (QED) is 0.197. The summed E-state index contributed by atoms with van der Waals surface area (Å²) in [6, 6.07) is 0.484. The molecule has 3 aliphatic carbocycles. The van der Waals surface area contributed by atoms with Crippen LogP contribution in [0, 0.1) is 23.7 Å². The molecule has 0 heterocycles. The predicted molar refractivity (Wildman–Crippen MR) is 134 cm³/mol. The van der Waals surface area contributed by atoms with Gasteiger partial charge < -0.3 is 15.4 Å². The van der Waals surface area contributed by atoms with Crippen molar-refractivity contribution in [3.63, 3.8) is 0 Å². The highest BCUT2D eigenvalue weighted by molar-refractivity contribution is 5.74. The highest BCUT2D eigenvalue weighted by Gasteiger charge is 2.45. The topological polar surface area (TPSA) is 67.4 Å². The number of carbonyl (C=O) groups excluding carboxylic acids is 2. The van der Waals surface area contributed by atoms with Gasteiger partial charge in [0.05, 0.1) is 6.61 Å². The van der Waals surface area contributed by atoms with Crippen LogP contribution in [0.4, 0.5) is 4.79 Å². The van der Waals surface area contributed by atoms with E-state index in [0.717, 1.165) is 62.3 Å². The van der Waals surface area contributed by atoms with Gasteiger partial charge in [0.1, 0.15) is 0 Å². The summed E-state index contributed by atoms with van der Waals surface area (Å²) in [5, 5.41) is 6.46. The number of fused-ring (bicyclic) bond motifs is 2. The first kappa shape index (κ1) is 26.3. The molecule has 5 nitrogen and oxygen atoms in total. The van der Waals surface area contributed by atoms with E-state index in [2.05, 4.69) is 17.6 Å². The van der Waals surface area contributed by atoms with Crippen molar-refractivity contribution in [1.82, 2.24) is 10.6 Å². The van der Waals surface area contributed by atoms with Crippen molar-refractivity contribution >= 4 is 12.0 Å². The van der Waals surface area contributed by atoms with Crippen LogP contribution in [0.15, 0.2) is 0 Å². The Morgan fingerprint density at radius 1 is 0.788 bits per heavy atom. The van der Waals surface area contributed by atoms with Gasteiger partial charge in [-0.2, -0.15) is 0 Å². The zero-order valence-corrected chi connectivity index (χ0v) is 21.3. The minimum absolute atomic E-state index is 0.0285. The Hall–Kier alpha value is -1.26. The summed E-state index contributed by atoms with van der Waals surface area (Å²) in [4.78, 5) is 24.0. The molecule has 2 N–H and O–H groups in total. The second-order valence-corrected chi connectivity index (χ2v) is 11.2. The smallest absolute Gasteiger partial charge is 0.315 e. The van der Waals surface area contributed by atoms with Crippen LogP contribution in [0.1, 0.15) is 122 Å². The summed E-state index contributed by atoms with van der Waals surface area (Å²) < 4.78 is 5.18. The van der Waals surface area contributed by atoms with Crippen LogP contribution >= 0.6 is 0 Å². The normalized spacial score (nSPS) is 27.8. The fourth-order valence-corrected chi connectivity index (χ4v) is 6.74. The number of unbranched alkanes of at least 4 members (excludes halogenated alkanes) is 9. The van der Waals surface area contributed by atoms with Crippen LogP contribution in [0.5, 0.6) is 0 Å². The molecule has 0 saturated heterocycles. The summed E-state index contributed by atoms with van der Waals surface area (Å²) in [6.07, 6.45) is 21.5. The number of urea groups is 1. The van der Waals surface area contributed by atoms with Crippen LogP contribution in [0.2, 0.25) is 0 Å². The summed E-state index contributed by atoms with van der Waals surface area (Å²) in [5.74, 6) is 3.45. The van der Waals surface area contributed by atoms with Gasteiger partial charge in [0.25, 0.3) is 0 Å². The Bertz CT molecular complexity index is 575. The van der Waals surface area contributed by atoms with Crippen molar-refractivity contribution in [1.29, 1.82) is 0 Å². The highest BCUT2D eigenvalue weighted by Crippen LogP contribution is 2.52. The average Bonchev–Trinajstić information content (AvgIpc) is 2.79. The van der Waals surface area contributed by atoms with E-state index in [1.54, 1.807) is 0 Å². The molecule has 0 spiro atoms. The molecule has 3 bridgehead atoms. The van der Waals surface area contributed by atoms with Crippen LogP contribution in [-0.2, 0) is 9.53 Å². The SMILES string of the molecule is CCCCOC(=O)CCCCCCCCCCCNC(=O)NC1CC2CC3CCC1C(C3)C2. The molecule has 5 unspecified atom stereocenters. The molecule has 3 rings (SSSR count). The molecule has 190 valence electrons. The molecule has 0 aromatic carbocycles. The second-order valence-electron chi connectivity index (χ2n) is 11.2. The molecule has 5 atom stereocenters. The Morgan fingerprint density at radius 2 is 1.48 bits per heavy atom. The Balaban J connectivity index is 1.09. The number of carbonyl (C=O) groups is 2. The maximum atomic E-state index is 12.4. The van der Waals surface area contributed by atoms with Crippen molar-refractivity contribution in [3.05, 3.63) is 0 Å². The van der Waals surface area contributed by atoms with Crippen LogP contribution in [-0.4, -0.2) is 31.2 Å². The number of ether oxygens (including phenoxy) is 1. The highest BCUT2D eigenvalue weighted by atomic mass is 16.5. The standard InChI is InChI=1S/C28H50N2O3/c1-2-3-17-33-27(31)13-11-9-7-5-4-6-8-10-12-16-29-28(32)30-26-21-23-18-22-14-15-25(26)24(19-22)20-23/h22-26H,2-21H2,1H3,(H2,29,30,32). The van der Waals surface area contributed by atoms with E-state index in [-0.39, 0.29) is 12.0 Å². The van der Waals surface area contributed by atoms with E-state index < -0.39 is 0 Å². The fourth-order valence-electron chi connectivity index (χ4n) is 6.74. The summed E-state index contributed by atoms with van der Waals surface area (Å²) >= 11 is 0. The predicted octanol–water partition coefficient (Wildman–Crippen LogP) is 6.74. The minimum atomic E-state index is -0.0285. The zero-order valence-electron chi connectivity index (χ0n) is 21.3. The number of nitrogens with one attached hydrogen (secondary N) is 2. The molecule has 2 amide bonds. The Kier molecular flexibility index (Phi) is 11.9. The lowest BCUT2D eigenvalue weighted by Crippen LogP contribution is -2.54. The van der Waals surface area contributed by atoms with Gasteiger partial charge in [-0.05, 0) is 75.0 Å². The number of hydrogen-bond acceptors (Lipinski definition) is 3. The molecule has 0 aromatic rings. The second kappa shape index (κ2) is 14.9. The molecule has 3 fully saturated rings. The number of hydrogen-bond donors (Lipinski definition) is 2. The Morgan fingerprint density at radius 3 is 2.24 bits per heavy atom. The molecule has 5 heteroatoms. The van der Waals surface area contributed by atoms with E-state index in [1.807, 2.05) is 0 Å². The van der Waals surface area contributed by atoms with Crippen molar-refractivity contribution in [2.24, 2.45) is 23.7 Å². The summed E-state index contributed by atoms with van der Waals surface area (Å²) in [7, 11) is 0. The van der Waals surface area contributed by atoms with E-state index in [4.69, 9.17) is 4.74 Å². The molecule has 3 aliphatic rings. The lowest BCUT2D eigenvalue weighted by atomic mass is 9.56. The van der Waals surface area contributed by atoms with Crippen LogP contribution in [0.25, 0.3) is 0 Å². The van der Waals surface area contributed by atoms with Crippen molar-refractivity contribution in [2.75, 3.05) is 13.2 Å². The number of esters is 1. The third-order valence-electron chi connectivity index (χ3n) is 8.48. The van der Waals surface area contributed by atoms with Gasteiger partial charge in [-0.15, -0.1) is 0 Å². The molecule has 0 radical (unpaired) electrons. The maximum Gasteiger partial charge on any atom is 0.315 e. The van der Waals surface area contributed by atoms with E-state index in [9.17, 15) is 9.59 Å². The van der Waals surface area contributed by atoms with E-state index in [1.165, 1.54) is 77.0 Å². The van der Waals surface area contributed by atoms with Crippen LogP contribution < -0.4 is 10.6 Å². The number of amides is 2. The third kappa shape index (κ3) is 9.48. The fraction of sp³-hybridized carbons (Fsp3) is 0.929. The largest absolute Gasteiger partial charge is 0.466 e. The van der Waals surface area contributed by atoms with Crippen molar-refractivity contribution < 1.29 is 14.3 Å². The lowest BCUT2D eigenvalue weighted by Gasteiger charge is -2.52. The monoisotopic (exact) mass is 462 g/mol. The molecule has 33 heavy (non-hydrogen) atoms. The van der Waals surface area contributed by atoms with E-state index >= 15 is 0 Å². The number of rotatable bonds is 16. The van der Waals surface area contributed by atoms with Crippen LogP contribution in [0.3, 0.4) is 0 Å². The molecule has 0 aromatic heterocycles. The molecular weight excluding hydrogens is 412 g/mol. The molecular formula is C28H50N2O3. The summed E-state index contributed by atoms with van der Waals surface area (Å²) in [6.45, 7) is 3.48.